The van der Waals surface area contributed by atoms with Gasteiger partial charge in [0.05, 0.1) is 22.8 Å². The zero-order valence-electron chi connectivity index (χ0n) is 16.7. The summed E-state index contributed by atoms with van der Waals surface area (Å²) >= 11 is 1.35. The van der Waals surface area contributed by atoms with Gasteiger partial charge in [-0.05, 0) is 49.4 Å². The molecule has 8 nitrogen and oxygen atoms in total. The van der Waals surface area contributed by atoms with Crippen LogP contribution in [-0.2, 0) is 9.59 Å². The Hall–Kier alpha value is -2.94. The van der Waals surface area contributed by atoms with E-state index in [1.165, 1.54) is 17.5 Å². The second kappa shape index (κ2) is 8.60. The molecule has 2 aromatic rings. The van der Waals surface area contributed by atoms with Crippen LogP contribution in [0, 0.1) is 12.8 Å². The highest BCUT2D eigenvalue weighted by molar-refractivity contribution is 7.14. The van der Waals surface area contributed by atoms with Crippen molar-refractivity contribution in [3.05, 3.63) is 39.7 Å². The van der Waals surface area contributed by atoms with Crippen molar-refractivity contribution in [1.82, 2.24) is 15.2 Å². The number of hydrogen-bond donors (Lipinski definition) is 3. The van der Waals surface area contributed by atoms with Crippen LogP contribution in [0.15, 0.2) is 24.4 Å². The standard InChI is InChI=1S/C20H25N5O3S/c1-11-4-5-14(15-6-7-16(29-15)18(26)22-3)25(10-11)20(28)19(27)24-13-8-12(2)17(21)23-9-13/h6-9,11,14H,4-5,10H2,1-3H3,(H2,21,23)(H,22,26)(H,24,27)/t11-,14?/m0/s1. The summed E-state index contributed by atoms with van der Waals surface area (Å²) in [6.07, 6.45) is 3.12. The van der Waals surface area contributed by atoms with Crippen molar-refractivity contribution in [3.8, 4) is 0 Å². The first-order valence-electron chi connectivity index (χ1n) is 9.46. The molecular formula is C20H25N5O3S. The normalized spacial score (nSPS) is 18.9. The Bertz CT molecular complexity index is 942. The van der Waals surface area contributed by atoms with Crippen LogP contribution in [0.2, 0.25) is 0 Å². The molecule has 3 amide bonds. The molecule has 0 aliphatic carbocycles. The average molecular weight is 416 g/mol. The summed E-state index contributed by atoms with van der Waals surface area (Å²) in [7, 11) is 1.58. The van der Waals surface area contributed by atoms with Gasteiger partial charge in [-0.3, -0.25) is 14.4 Å². The molecule has 3 rings (SSSR count). The van der Waals surface area contributed by atoms with Crippen LogP contribution >= 0.6 is 11.3 Å². The minimum atomic E-state index is -0.710. The smallest absolute Gasteiger partial charge is 0.313 e. The van der Waals surface area contributed by atoms with Gasteiger partial charge in [0.15, 0.2) is 0 Å². The fourth-order valence-corrected chi connectivity index (χ4v) is 4.52. The van der Waals surface area contributed by atoms with Gasteiger partial charge in [-0.2, -0.15) is 0 Å². The fourth-order valence-electron chi connectivity index (χ4n) is 3.42. The predicted molar refractivity (Wildman–Crippen MR) is 113 cm³/mol. The zero-order chi connectivity index (χ0) is 21.1. The van der Waals surface area contributed by atoms with Crippen LogP contribution < -0.4 is 16.4 Å². The first-order valence-corrected chi connectivity index (χ1v) is 10.3. The fraction of sp³-hybridized carbons (Fsp3) is 0.400. The number of thiophene rings is 1. The third-order valence-corrected chi connectivity index (χ3v) is 6.24. The third-order valence-electron chi connectivity index (χ3n) is 5.06. The van der Waals surface area contributed by atoms with Gasteiger partial charge in [-0.15, -0.1) is 11.3 Å². The molecule has 9 heteroatoms. The Morgan fingerprint density at radius 2 is 2.03 bits per heavy atom. The minimum Gasteiger partial charge on any atom is -0.383 e. The molecule has 154 valence electrons. The maximum absolute atomic E-state index is 13.0. The number of rotatable bonds is 3. The van der Waals surface area contributed by atoms with Crippen molar-refractivity contribution < 1.29 is 14.4 Å². The topological polar surface area (TPSA) is 117 Å². The number of amides is 3. The van der Waals surface area contributed by atoms with Crippen molar-refractivity contribution >= 4 is 40.6 Å². The van der Waals surface area contributed by atoms with Crippen LogP contribution in [0.5, 0.6) is 0 Å². The molecule has 29 heavy (non-hydrogen) atoms. The number of aromatic nitrogens is 1. The number of carbonyl (C=O) groups excluding carboxylic acids is 3. The van der Waals surface area contributed by atoms with E-state index in [0.29, 0.717) is 28.8 Å². The quantitative estimate of drug-likeness (QED) is 0.665. The molecule has 2 aromatic heterocycles. The maximum atomic E-state index is 13.0. The maximum Gasteiger partial charge on any atom is 0.313 e. The summed E-state index contributed by atoms with van der Waals surface area (Å²) in [5, 5.41) is 5.22. The zero-order valence-corrected chi connectivity index (χ0v) is 17.5. The molecule has 1 unspecified atom stereocenters. The number of carbonyl (C=O) groups is 3. The number of nitrogens with one attached hydrogen (secondary N) is 2. The molecule has 4 N–H and O–H groups in total. The van der Waals surface area contributed by atoms with E-state index in [-0.39, 0.29) is 11.9 Å². The summed E-state index contributed by atoms with van der Waals surface area (Å²) < 4.78 is 0. The van der Waals surface area contributed by atoms with Gasteiger partial charge in [0.2, 0.25) is 0 Å². The third kappa shape index (κ3) is 4.56. The number of aryl methyl sites for hydroxylation is 1. The Balaban J connectivity index is 1.79. The Morgan fingerprint density at radius 1 is 1.28 bits per heavy atom. The Morgan fingerprint density at radius 3 is 2.72 bits per heavy atom. The van der Waals surface area contributed by atoms with Crippen molar-refractivity contribution in [1.29, 1.82) is 0 Å². The number of pyridine rings is 1. The minimum absolute atomic E-state index is 0.160. The van der Waals surface area contributed by atoms with Crippen LogP contribution in [-0.4, -0.2) is 41.2 Å². The summed E-state index contributed by atoms with van der Waals surface area (Å²) in [5.41, 5.74) is 6.85. The van der Waals surface area contributed by atoms with Gasteiger partial charge in [0.1, 0.15) is 5.82 Å². The number of nitrogens with zero attached hydrogens (tertiary/aromatic N) is 2. The monoisotopic (exact) mass is 415 g/mol. The predicted octanol–water partition coefficient (Wildman–Crippen LogP) is 2.33. The van der Waals surface area contributed by atoms with E-state index in [9.17, 15) is 14.4 Å². The van der Waals surface area contributed by atoms with Gasteiger partial charge in [0.25, 0.3) is 5.91 Å². The number of anilines is 2. The Labute approximate surface area is 173 Å². The van der Waals surface area contributed by atoms with E-state index in [4.69, 9.17) is 5.73 Å². The van der Waals surface area contributed by atoms with Crippen molar-refractivity contribution in [2.45, 2.75) is 32.7 Å². The Kier molecular flexibility index (Phi) is 6.17. The van der Waals surface area contributed by atoms with Gasteiger partial charge >= 0.3 is 11.8 Å². The number of hydrogen-bond acceptors (Lipinski definition) is 6. The highest BCUT2D eigenvalue weighted by Crippen LogP contribution is 2.37. The molecule has 0 spiro atoms. The molecule has 0 saturated carbocycles. The first-order chi connectivity index (χ1) is 13.8. The average Bonchev–Trinajstić information content (AvgIpc) is 3.19. The summed E-state index contributed by atoms with van der Waals surface area (Å²) in [5.74, 6) is -0.790. The molecule has 3 heterocycles. The molecule has 0 bridgehead atoms. The lowest BCUT2D eigenvalue weighted by Gasteiger charge is -2.37. The van der Waals surface area contributed by atoms with Gasteiger partial charge in [0, 0.05) is 18.5 Å². The van der Waals surface area contributed by atoms with E-state index >= 15 is 0 Å². The summed E-state index contributed by atoms with van der Waals surface area (Å²) in [6, 6.07) is 5.07. The van der Waals surface area contributed by atoms with E-state index < -0.39 is 11.8 Å². The summed E-state index contributed by atoms with van der Waals surface area (Å²) in [4.78, 5) is 44.6. The molecule has 1 aliphatic heterocycles. The second-order valence-corrected chi connectivity index (χ2v) is 8.43. The molecule has 2 atom stereocenters. The van der Waals surface area contributed by atoms with Crippen LogP contribution in [0.3, 0.4) is 0 Å². The van der Waals surface area contributed by atoms with Crippen molar-refractivity contribution in [2.24, 2.45) is 5.92 Å². The first kappa shape index (κ1) is 20.8. The lowest BCUT2D eigenvalue weighted by Crippen LogP contribution is -2.46. The van der Waals surface area contributed by atoms with Crippen LogP contribution in [0.4, 0.5) is 11.5 Å². The summed E-state index contributed by atoms with van der Waals surface area (Å²) in [6.45, 7) is 4.33. The number of likely N-dealkylation sites (tertiary alicyclic amines) is 1. The lowest BCUT2D eigenvalue weighted by molar-refractivity contribution is -0.146. The van der Waals surface area contributed by atoms with E-state index in [1.807, 2.05) is 6.07 Å². The van der Waals surface area contributed by atoms with Crippen LogP contribution in [0.25, 0.3) is 0 Å². The van der Waals surface area contributed by atoms with Gasteiger partial charge in [-0.1, -0.05) is 6.92 Å². The number of nitrogens with two attached hydrogens (primary N) is 1. The highest BCUT2D eigenvalue weighted by Gasteiger charge is 2.35. The van der Waals surface area contributed by atoms with E-state index in [2.05, 4.69) is 22.5 Å². The highest BCUT2D eigenvalue weighted by atomic mass is 32.1. The van der Waals surface area contributed by atoms with Gasteiger partial charge in [-0.25, -0.2) is 4.98 Å². The van der Waals surface area contributed by atoms with E-state index in [0.717, 1.165) is 23.3 Å². The SMILES string of the molecule is CNC(=O)c1ccc(C2CC[C@H](C)CN2C(=O)C(=O)Nc2cnc(N)c(C)c2)s1. The van der Waals surface area contributed by atoms with Crippen molar-refractivity contribution in [3.63, 3.8) is 0 Å². The molecule has 0 radical (unpaired) electrons. The lowest BCUT2D eigenvalue weighted by atomic mass is 9.93. The van der Waals surface area contributed by atoms with Gasteiger partial charge < -0.3 is 21.3 Å². The molecule has 1 fully saturated rings. The molecular weight excluding hydrogens is 390 g/mol. The molecule has 1 aliphatic rings. The molecule has 1 saturated heterocycles. The number of piperidine rings is 1. The van der Waals surface area contributed by atoms with E-state index in [1.54, 1.807) is 31.0 Å². The molecule has 0 aromatic carbocycles. The van der Waals surface area contributed by atoms with Crippen LogP contribution in [0.1, 0.15) is 45.9 Å². The van der Waals surface area contributed by atoms with Crippen molar-refractivity contribution in [2.75, 3.05) is 24.6 Å². The second-order valence-electron chi connectivity index (χ2n) is 7.32. The number of nitrogen functional groups attached to an aromatic ring is 1. The largest absolute Gasteiger partial charge is 0.383 e.